The van der Waals surface area contributed by atoms with Crippen molar-refractivity contribution in [2.75, 3.05) is 13.7 Å². The monoisotopic (exact) mass is 538 g/mol. The van der Waals surface area contributed by atoms with Gasteiger partial charge in [-0.1, -0.05) is 12.1 Å². The van der Waals surface area contributed by atoms with Crippen LogP contribution in [0.4, 0.5) is 17.6 Å². The molecule has 0 saturated heterocycles. The van der Waals surface area contributed by atoms with Crippen LogP contribution in [0.3, 0.4) is 0 Å². The van der Waals surface area contributed by atoms with Gasteiger partial charge in [0.1, 0.15) is 30.3 Å². The van der Waals surface area contributed by atoms with Gasteiger partial charge in [0, 0.05) is 30.9 Å². The lowest BCUT2D eigenvalue weighted by Crippen LogP contribution is -2.37. The van der Waals surface area contributed by atoms with Gasteiger partial charge in [0.25, 0.3) is 5.91 Å². The number of aromatic nitrogens is 3. The number of methoxy groups -OCH3 is 1. The van der Waals surface area contributed by atoms with Crippen molar-refractivity contribution >= 4 is 5.91 Å². The molecule has 11 heteroatoms. The molecule has 4 aromatic rings. The lowest BCUT2D eigenvalue weighted by molar-refractivity contribution is -0.137. The third-order valence-electron chi connectivity index (χ3n) is 6.29. The Hall–Kier alpha value is -4.54. The van der Waals surface area contributed by atoms with Crippen molar-refractivity contribution in [3.63, 3.8) is 0 Å². The number of nitrogens with zero attached hydrogens (tertiary/aromatic N) is 4. The summed E-state index contributed by atoms with van der Waals surface area (Å²) in [7, 11) is 1.59. The molecule has 5 rings (SSSR count). The third kappa shape index (κ3) is 5.82. The summed E-state index contributed by atoms with van der Waals surface area (Å²) in [4.78, 5) is 27.9. The molecule has 0 spiro atoms. The Kier molecular flexibility index (Phi) is 7.14. The van der Waals surface area contributed by atoms with Crippen LogP contribution in [0.5, 0.6) is 11.5 Å². The second-order valence-electron chi connectivity index (χ2n) is 8.87. The number of alkyl halides is 3. The fourth-order valence-corrected chi connectivity index (χ4v) is 4.36. The van der Waals surface area contributed by atoms with E-state index in [1.165, 1.54) is 12.5 Å². The predicted molar refractivity (Wildman–Crippen MR) is 132 cm³/mol. The van der Waals surface area contributed by atoms with Crippen molar-refractivity contribution in [2.24, 2.45) is 0 Å². The van der Waals surface area contributed by atoms with Gasteiger partial charge in [-0.25, -0.2) is 14.4 Å². The minimum atomic E-state index is -4.71. The molecule has 1 aliphatic heterocycles. The van der Waals surface area contributed by atoms with Crippen molar-refractivity contribution in [1.29, 1.82) is 0 Å². The molecule has 0 bridgehead atoms. The molecule has 0 radical (unpaired) electrons. The largest absolute Gasteiger partial charge is 0.497 e. The second-order valence-corrected chi connectivity index (χ2v) is 8.87. The first kappa shape index (κ1) is 26.1. The lowest BCUT2D eigenvalue weighted by atomic mass is 9.96. The maximum absolute atomic E-state index is 13.7. The van der Waals surface area contributed by atoms with Gasteiger partial charge in [0.2, 0.25) is 0 Å². The Balaban J connectivity index is 1.34. The van der Waals surface area contributed by atoms with E-state index in [1.807, 2.05) is 24.3 Å². The lowest BCUT2D eigenvalue weighted by Gasteiger charge is -2.29. The molecule has 0 unspecified atom stereocenters. The number of ether oxygens (including phenoxy) is 2. The fraction of sp³-hybridized carbons (Fsp3) is 0.214. The Morgan fingerprint density at radius 3 is 2.51 bits per heavy atom. The number of carbonyl (C=O) groups excluding carboxylic acids is 1. The van der Waals surface area contributed by atoms with E-state index in [9.17, 15) is 22.4 Å². The zero-order valence-electron chi connectivity index (χ0n) is 20.7. The molecule has 0 atom stereocenters. The smallest absolute Gasteiger partial charge is 0.416 e. The SMILES string of the molecule is COc1ccc(CN2CCc3c(ccnc3-c3cc(COc4cc(F)cc(C(F)(F)F)c4)ncn3)C2=O)cc1. The van der Waals surface area contributed by atoms with E-state index in [2.05, 4.69) is 15.0 Å². The minimum Gasteiger partial charge on any atom is -0.497 e. The number of benzene rings is 2. The predicted octanol–water partition coefficient (Wildman–Crippen LogP) is 5.48. The van der Waals surface area contributed by atoms with E-state index in [0.717, 1.165) is 29.0 Å². The summed E-state index contributed by atoms with van der Waals surface area (Å²) in [5.41, 5.74) is 2.40. The highest BCUT2D eigenvalue weighted by Crippen LogP contribution is 2.33. The normalized spacial score (nSPS) is 13.3. The molecule has 1 aliphatic rings. The molecule has 0 N–H and O–H groups in total. The number of amides is 1. The molecular weight excluding hydrogens is 516 g/mol. The fourth-order valence-electron chi connectivity index (χ4n) is 4.36. The number of carbonyl (C=O) groups is 1. The molecule has 200 valence electrons. The summed E-state index contributed by atoms with van der Waals surface area (Å²) in [5, 5.41) is 0. The van der Waals surface area contributed by atoms with Crippen LogP contribution in [0, 0.1) is 5.82 Å². The third-order valence-corrected chi connectivity index (χ3v) is 6.29. The van der Waals surface area contributed by atoms with Crippen LogP contribution in [0.1, 0.15) is 32.7 Å². The number of rotatable bonds is 7. The van der Waals surface area contributed by atoms with Crippen molar-refractivity contribution in [3.8, 4) is 22.9 Å². The summed E-state index contributed by atoms with van der Waals surface area (Å²) >= 11 is 0. The molecule has 2 aromatic heterocycles. The quantitative estimate of drug-likeness (QED) is 0.290. The maximum atomic E-state index is 13.7. The zero-order chi connectivity index (χ0) is 27.6. The van der Waals surface area contributed by atoms with Gasteiger partial charge in [-0.2, -0.15) is 13.2 Å². The summed E-state index contributed by atoms with van der Waals surface area (Å²) < 4.78 is 63.3. The standard InChI is InChI=1S/C28H22F4N4O3/c1-38-21-4-2-17(3-5-21)14-36-9-7-23-24(27(36)37)6-8-33-26(23)25-13-20(34-16-35-25)15-39-22-11-18(28(30,31)32)10-19(29)12-22/h2-6,8,10-13,16H,7,9,14-15H2,1H3. The topological polar surface area (TPSA) is 77.4 Å². The highest BCUT2D eigenvalue weighted by atomic mass is 19.4. The molecular formula is C28H22F4N4O3. The summed E-state index contributed by atoms with van der Waals surface area (Å²) in [6, 6.07) is 12.8. The van der Waals surface area contributed by atoms with E-state index < -0.39 is 17.6 Å². The highest BCUT2D eigenvalue weighted by molar-refractivity contribution is 5.98. The zero-order valence-corrected chi connectivity index (χ0v) is 20.7. The molecule has 2 aromatic carbocycles. The molecule has 3 heterocycles. The first-order valence-corrected chi connectivity index (χ1v) is 11.9. The highest BCUT2D eigenvalue weighted by Gasteiger charge is 2.32. The van der Waals surface area contributed by atoms with Crippen LogP contribution < -0.4 is 9.47 Å². The van der Waals surface area contributed by atoms with E-state index in [0.29, 0.717) is 48.2 Å². The van der Waals surface area contributed by atoms with Crippen molar-refractivity contribution in [1.82, 2.24) is 19.9 Å². The molecule has 1 amide bonds. The van der Waals surface area contributed by atoms with Crippen molar-refractivity contribution in [2.45, 2.75) is 25.7 Å². The molecule has 7 nitrogen and oxygen atoms in total. The van der Waals surface area contributed by atoms with Crippen LogP contribution in [0.15, 0.2) is 67.1 Å². The van der Waals surface area contributed by atoms with Gasteiger partial charge in [-0.3, -0.25) is 9.78 Å². The Morgan fingerprint density at radius 1 is 0.974 bits per heavy atom. The van der Waals surface area contributed by atoms with Gasteiger partial charge < -0.3 is 14.4 Å². The van der Waals surface area contributed by atoms with Gasteiger partial charge in [0.15, 0.2) is 0 Å². The summed E-state index contributed by atoms with van der Waals surface area (Å²) in [6.45, 7) is 0.712. The van der Waals surface area contributed by atoms with Gasteiger partial charge in [0.05, 0.1) is 29.8 Å². The maximum Gasteiger partial charge on any atom is 0.416 e. The van der Waals surface area contributed by atoms with E-state index >= 15 is 0 Å². The first-order chi connectivity index (χ1) is 18.7. The Morgan fingerprint density at radius 2 is 1.77 bits per heavy atom. The van der Waals surface area contributed by atoms with Crippen molar-refractivity contribution in [3.05, 3.63) is 101 Å². The van der Waals surface area contributed by atoms with Crippen LogP contribution in [0.2, 0.25) is 0 Å². The number of fused-ring (bicyclic) bond motifs is 1. The molecule has 0 fully saturated rings. The number of halogens is 4. The summed E-state index contributed by atoms with van der Waals surface area (Å²) in [6.07, 6.45) is -1.34. The number of pyridine rings is 1. The van der Waals surface area contributed by atoms with Crippen LogP contribution in [-0.4, -0.2) is 39.4 Å². The van der Waals surface area contributed by atoms with Crippen molar-refractivity contribution < 1.29 is 31.8 Å². The van der Waals surface area contributed by atoms with Crippen LogP contribution >= 0.6 is 0 Å². The van der Waals surface area contributed by atoms with E-state index in [-0.39, 0.29) is 18.3 Å². The molecule has 39 heavy (non-hydrogen) atoms. The van der Waals surface area contributed by atoms with Crippen LogP contribution in [0.25, 0.3) is 11.4 Å². The average Bonchev–Trinajstić information content (AvgIpc) is 2.93. The number of hydrogen-bond acceptors (Lipinski definition) is 6. The van der Waals surface area contributed by atoms with E-state index in [4.69, 9.17) is 9.47 Å². The van der Waals surface area contributed by atoms with Crippen LogP contribution in [-0.2, 0) is 25.7 Å². The van der Waals surface area contributed by atoms with Gasteiger partial charge in [-0.15, -0.1) is 0 Å². The second kappa shape index (κ2) is 10.7. The summed E-state index contributed by atoms with van der Waals surface area (Å²) in [5.74, 6) is -0.726. The Bertz CT molecular complexity index is 1510. The van der Waals surface area contributed by atoms with Gasteiger partial charge in [-0.05, 0) is 53.9 Å². The minimum absolute atomic E-state index is 0.125. The number of hydrogen-bond donors (Lipinski definition) is 0. The Labute approximate surface area is 221 Å². The molecule has 0 aliphatic carbocycles. The molecule has 0 saturated carbocycles. The van der Waals surface area contributed by atoms with E-state index in [1.54, 1.807) is 24.1 Å². The first-order valence-electron chi connectivity index (χ1n) is 11.9. The van der Waals surface area contributed by atoms with Gasteiger partial charge >= 0.3 is 6.18 Å². The average molecular weight is 539 g/mol.